The largest absolute Gasteiger partial charge is 0.465 e. The van der Waals surface area contributed by atoms with E-state index in [1.807, 2.05) is 26.0 Å². The number of carbonyl (C=O) groups is 7. The number of carbonyl (C=O) groups excluding carboxylic acids is 6. The standard InChI is InChI=1S/C47H67N7O9/c1-31(2)24-35(51-40(57)36(25-32-14-8-6-9-15-32)52-41(58)37(53-43(60)61)26-33-16-10-7-11-17-33)39(56)50-34(18-12-13-21-48-44(62)63-45(3,4)5)42(59)54-22-19-46(20-23-54)28-47(29-46)27-38(55)49-30-47/h6-11,14-17,31,34-37,53H,12-13,18-30H2,1-5H3,(H,48,62)(H,49,55)(H,50,56)(H,51,57)(H,52,58)(H,60,61). The van der Waals surface area contributed by atoms with E-state index in [0.29, 0.717) is 51.0 Å². The van der Waals surface area contributed by atoms with Gasteiger partial charge >= 0.3 is 12.2 Å². The molecule has 1 saturated carbocycles. The molecule has 7 amide bonds. The number of likely N-dealkylation sites (tertiary alicyclic amines) is 1. The predicted octanol–water partition coefficient (Wildman–Crippen LogP) is 4.21. The van der Waals surface area contributed by atoms with Gasteiger partial charge in [0.15, 0.2) is 0 Å². The van der Waals surface area contributed by atoms with Crippen molar-refractivity contribution in [2.75, 3.05) is 26.2 Å². The zero-order chi connectivity index (χ0) is 45.8. The van der Waals surface area contributed by atoms with Crippen LogP contribution in [0.5, 0.6) is 0 Å². The van der Waals surface area contributed by atoms with Crippen LogP contribution in [-0.2, 0) is 41.6 Å². The van der Waals surface area contributed by atoms with Gasteiger partial charge in [-0.15, -0.1) is 0 Å². The first-order valence-corrected chi connectivity index (χ1v) is 22.3. The molecule has 0 aromatic heterocycles. The second-order valence-corrected chi connectivity index (χ2v) is 19.3. The van der Waals surface area contributed by atoms with Gasteiger partial charge in [0.25, 0.3) is 0 Å². The Labute approximate surface area is 370 Å². The highest BCUT2D eigenvalue weighted by Crippen LogP contribution is 2.62. The molecule has 2 aliphatic heterocycles. The van der Waals surface area contributed by atoms with Gasteiger partial charge < -0.3 is 46.6 Å². The fourth-order valence-electron chi connectivity index (χ4n) is 9.34. The number of unbranched alkanes of at least 4 members (excludes halogenated alkanes) is 1. The van der Waals surface area contributed by atoms with E-state index in [0.717, 1.165) is 31.2 Å². The Bertz CT molecular complexity index is 1900. The molecule has 2 saturated heterocycles. The Hall–Kier alpha value is -5.67. The molecule has 3 aliphatic rings. The van der Waals surface area contributed by atoms with Crippen molar-refractivity contribution >= 4 is 41.7 Å². The van der Waals surface area contributed by atoms with E-state index in [-0.39, 0.29) is 54.2 Å². The van der Waals surface area contributed by atoms with Gasteiger partial charge in [-0.2, -0.15) is 0 Å². The minimum atomic E-state index is -1.40. The molecule has 3 fully saturated rings. The predicted molar refractivity (Wildman–Crippen MR) is 236 cm³/mol. The third kappa shape index (κ3) is 14.7. The summed E-state index contributed by atoms with van der Waals surface area (Å²) in [6.45, 7) is 11.2. The molecule has 2 spiro atoms. The molecule has 5 rings (SSSR count). The van der Waals surface area contributed by atoms with Gasteiger partial charge in [-0.05, 0) is 100 Å². The van der Waals surface area contributed by atoms with Crippen LogP contribution in [0.4, 0.5) is 9.59 Å². The van der Waals surface area contributed by atoms with Gasteiger partial charge in [-0.25, -0.2) is 9.59 Å². The van der Waals surface area contributed by atoms with Crippen molar-refractivity contribution in [3.05, 3.63) is 71.8 Å². The Morgan fingerprint density at radius 3 is 1.78 bits per heavy atom. The molecule has 4 unspecified atom stereocenters. The number of nitrogens with zero attached hydrogens (tertiary/aromatic N) is 1. The van der Waals surface area contributed by atoms with Gasteiger partial charge in [-0.3, -0.25) is 24.0 Å². The van der Waals surface area contributed by atoms with Crippen molar-refractivity contribution in [2.24, 2.45) is 16.7 Å². The summed E-state index contributed by atoms with van der Waals surface area (Å²) in [5, 5.41) is 26.2. The number of nitrogens with one attached hydrogen (secondary N) is 6. The van der Waals surface area contributed by atoms with Crippen LogP contribution in [0, 0.1) is 16.7 Å². The maximum atomic E-state index is 14.3. The molecule has 7 N–H and O–H groups in total. The molecule has 16 nitrogen and oxygen atoms in total. The molecule has 16 heteroatoms. The molecule has 344 valence electrons. The average Bonchev–Trinajstić information content (AvgIpc) is 3.59. The van der Waals surface area contributed by atoms with Gasteiger partial charge in [0.05, 0.1) is 0 Å². The normalized spacial score (nSPS) is 18.3. The number of benzene rings is 2. The molecular formula is C47H67N7O9. The molecule has 4 atom stereocenters. The number of carboxylic acid groups (broad SMARTS) is 1. The fraction of sp³-hybridized carbons (Fsp3) is 0.596. The van der Waals surface area contributed by atoms with Gasteiger partial charge in [-0.1, -0.05) is 74.5 Å². The molecule has 63 heavy (non-hydrogen) atoms. The lowest BCUT2D eigenvalue weighted by Gasteiger charge is -2.57. The second kappa shape index (κ2) is 21.6. The topological polar surface area (TPSA) is 224 Å². The molecule has 2 aromatic carbocycles. The van der Waals surface area contributed by atoms with Crippen LogP contribution in [0.1, 0.15) is 104 Å². The number of hydrogen-bond donors (Lipinski definition) is 7. The van der Waals surface area contributed by atoms with Crippen molar-refractivity contribution in [1.29, 1.82) is 0 Å². The first-order valence-electron chi connectivity index (χ1n) is 22.3. The fourth-order valence-corrected chi connectivity index (χ4v) is 9.34. The van der Waals surface area contributed by atoms with E-state index in [1.165, 1.54) is 0 Å². The second-order valence-electron chi connectivity index (χ2n) is 19.3. The van der Waals surface area contributed by atoms with Crippen LogP contribution in [0.3, 0.4) is 0 Å². The highest BCUT2D eigenvalue weighted by molar-refractivity contribution is 5.95. The summed E-state index contributed by atoms with van der Waals surface area (Å²) in [7, 11) is 0. The SMILES string of the molecule is CC(C)CC(NC(=O)C(Cc1ccccc1)NC(=O)C(Cc1ccccc1)NC(=O)O)C(=O)NC(CCCCNC(=O)OC(C)(C)C)C(=O)N1CCC2(CC1)CC1(CNC(=O)C1)C2. The van der Waals surface area contributed by atoms with Crippen molar-refractivity contribution in [3.8, 4) is 0 Å². The van der Waals surface area contributed by atoms with Gasteiger partial charge in [0.2, 0.25) is 29.5 Å². The first kappa shape index (κ1) is 48.4. The molecular weight excluding hydrogens is 807 g/mol. The monoisotopic (exact) mass is 874 g/mol. The summed E-state index contributed by atoms with van der Waals surface area (Å²) in [4.78, 5) is 94.5. The van der Waals surface area contributed by atoms with Crippen molar-refractivity contribution in [3.63, 3.8) is 0 Å². The highest BCUT2D eigenvalue weighted by atomic mass is 16.6. The van der Waals surface area contributed by atoms with Crippen LogP contribution < -0.4 is 31.9 Å². The summed E-state index contributed by atoms with van der Waals surface area (Å²) in [6, 6.07) is 13.6. The Morgan fingerprint density at radius 2 is 1.27 bits per heavy atom. The lowest BCUT2D eigenvalue weighted by molar-refractivity contribution is -0.143. The summed E-state index contributed by atoms with van der Waals surface area (Å²) >= 11 is 0. The summed E-state index contributed by atoms with van der Waals surface area (Å²) in [5.41, 5.74) is 0.910. The number of hydrogen-bond acceptors (Lipinski definition) is 8. The molecule has 2 heterocycles. The van der Waals surface area contributed by atoms with E-state index in [1.54, 1.807) is 74.2 Å². The Kier molecular flexibility index (Phi) is 16.6. The quantitative estimate of drug-likeness (QED) is 0.100. The van der Waals surface area contributed by atoms with Crippen molar-refractivity contribution in [1.82, 2.24) is 36.8 Å². The maximum Gasteiger partial charge on any atom is 0.407 e. The van der Waals surface area contributed by atoms with E-state index in [4.69, 9.17) is 4.74 Å². The summed E-state index contributed by atoms with van der Waals surface area (Å²) < 4.78 is 5.34. The summed E-state index contributed by atoms with van der Waals surface area (Å²) in [6.07, 6.45) is 3.78. The first-order chi connectivity index (χ1) is 29.8. The van der Waals surface area contributed by atoms with Gasteiger partial charge in [0.1, 0.15) is 29.8 Å². The zero-order valence-electron chi connectivity index (χ0n) is 37.4. The van der Waals surface area contributed by atoms with Crippen LogP contribution in [0.15, 0.2) is 60.7 Å². The Balaban J connectivity index is 1.29. The maximum absolute atomic E-state index is 14.3. The molecule has 2 aromatic rings. The number of piperidine rings is 1. The Morgan fingerprint density at radius 1 is 0.746 bits per heavy atom. The van der Waals surface area contributed by atoms with E-state index >= 15 is 0 Å². The highest BCUT2D eigenvalue weighted by Gasteiger charge is 2.57. The third-order valence-electron chi connectivity index (χ3n) is 12.2. The number of alkyl carbamates (subject to hydrolysis) is 1. The number of ether oxygens (including phenoxy) is 1. The van der Waals surface area contributed by atoms with E-state index in [2.05, 4.69) is 31.9 Å². The molecule has 0 radical (unpaired) electrons. The minimum absolute atomic E-state index is 0.0190. The minimum Gasteiger partial charge on any atom is -0.465 e. The van der Waals surface area contributed by atoms with Crippen LogP contribution >= 0.6 is 0 Å². The van der Waals surface area contributed by atoms with E-state index < -0.39 is 59.7 Å². The third-order valence-corrected chi connectivity index (χ3v) is 12.2. The number of rotatable bonds is 19. The van der Waals surface area contributed by atoms with E-state index in [9.17, 15) is 38.7 Å². The van der Waals surface area contributed by atoms with Gasteiger partial charge in [0, 0.05) is 45.4 Å². The molecule has 0 bridgehead atoms. The van der Waals surface area contributed by atoms with Crippen LogP contribution in [-0.4, -0.2) is 108 Å². The van der Waals surface area contributed by atoms with Crippen LogP contribution in [0.25, 0.3) is 0 Å². The smallest absolute Gasteiger partial charge is 0.407 e. The average molecular weight is 874 g/mol. The number of amides is 7. The zero-order valence-corrected chi connectivity index (χ0v) is 37.4. The van der Waals surface area contributed by atoms with Crippen LogP contribution in [0.2, 0.25) is 0 Å². The lowest BCUT2D eigenvalue weighted by atomic mass is 9.49. The lowest BCUT2D eigenvalue weighted by Crippen LogP contribution is -2.60. The summed E-state index contributed by atoms with van der Waals surface area (Å²) in [5.74, 6) is -2.07. The van der Waals surface area contributed by atoms with Crippen molar-refractivity contribution in [2.45, 2.75) is 135 Å². The van der Waals surface area contributed by atoms with Crippen molar-refractivity contribution < 1.29 is 43.4 Å². The molecule has 1 aliphatic carbocycles.